The highest BCUT2D eigenvalue weighted by molar-refractivity contribution is 4.94. The van der Waals surface area contributed by atoms with Crippen molar-refractivity contribution in [2.45, 2.75) is 66.0 Å². The van der Waals surface area contributed by atoms with E-state index in [0.717, 1.165) is 11.8 Å². The van der Waals surface area contributed by atoms with E-state index in [9.17, 15) is 0 Å². The predicted molar refractivity (Wildman–Crippen MR) is 78.8 cm³/mol. The molecule has 0 bridgehead atoms. The summed E-state index contributed by atoms with van der Waals surface area (Å²) in [6.45, 7) is 15.6. The van der Waals surface area contributed by atoms with Crippen LogP contribution in [0.25, 0.3) is 0 Å². The van der Waals surface area contributed by atoms with E-state index >= 15 is 0 Å². The van der Waals surface area contributed by atoms with Crippen LogP contribution in [-0.2, 0) is 0 Å². The topological polar surface area (TPSA) is 15.3 Å². The smallest absolute Gasteiger partial charge is 0.0269 e. The molecule has 0 aromatic rings. The maximum atomic E-state index is 3.77. The van der Waals surface area contributed by atoms with Crippen LogP contribution in [0.5, 0.6) is 0 Å². The largest absolute Gasteiger partial charge is 0.311 e. The summed E-state index contributed by atoms with van der Waals surface area (Å²) in [5.41, 5.74) is 0.388. The van der Waals surface area contributed by atoms with Crippen molar-refractivity contribution < 1.29 is 0 Å². The zero-order valence-corrected chi connectivity index (χ0v) is 13.0. The Bertz CT molecular complexity index is 263. The van der Waals surface area contributed by atoms with Crippen molar-refractivity contribution in [2.75, 3.05) is 19.6 Å². The van der Waals surface area contributed by atoms with Gasteiger partial charge in [0.15, 0.2) is 0 Å². The second-order valence-corrected chi connectivity index (χ2v) is 7.89. The molecule has 1 heterocycles. The second kappa shape index (κ2) is 5.50. The third-order valence-electron chi connectivity index (χ3n) is 4.97. The molecule has 1 aliphatic carbocycles. The summed E-state index contributed by atoms with van der Waals surface area (Å²) in [6.07, 6.45) is 4.39. The van der Waals surface area contributed by atoms with Gasteiger partial charge in [-0.3, -0.25) is 4.90 Å². The molecule has 2 heteroatoms. The molecular weight excluding hydrogens is 220 g/mol. The molecule has 1 N–H and O–H groups in total. The van der Waals surface area contributed by atoms with Crippen LogP contribution in [0.1, 0.15) is 53.9 Å². The van der Waals surface area contributed by atoms with Crippen LogP contribution in [0.4, 0.5) is 0 Å². The fourth-order valence-electron chi connectivity index (χ4n) is 3.35. The van der Waals surface area contributed by atoms with Crippen molar-refractivity contribution >= 4 is 0 Å². The first kappa shape index (κ1) is 14.3. The summed E-state index contributed by atoms with van der Waals surface area (Å²) >= 11 is 0. The maximum Gasteiger partial charge on any atom is 0.0269 e. The minimum absolute atomic E-state index is 0.388. The number of rotatable bonds is 3. The van der Waals surface area contributed by atoms with Crippen molar-refractivity contribution in [3.8, 4) is 0 Å². The van der Waals surface area contributed by atoms with Gasteiger partial charge in [-0.1, -0.05) is 41.0 Å². The molecule has 0 spiro atoms. The van der Waals surface area contributed by atoms with Crippen molar-refractivity contribution in [1.82, 2.24) is 10.2 Å². The quantitative estimate of drug-likeness (QED) is 0.830. The predicted octanol–water partition coefficient (Wildman–Crippen LogP) is 3.13. The molecule has 2 rings (SSSR count). The molecule has 106 valence electrons. The molecule has 0 amide bonds. The van der Waals surface area contributed by atoms with E-state index in [4.69, 9.17) is 0 Å². The first-order valence-corrected chi connectivity index (χ1v) is 7.85. The van der Waals surface area contributed by atoms with Gasteiger partial charge in [0.1, 0.15) is 0 Å². The van der Waals surface area contributed by atoms with Gasteiger partial charge in [-0.2, -0.15) is 0 Å². The summed E-state index contributed by atoms with van der Waals surface area (Å²) in [4.78, 5) is 2.80. The molecule has 1 saturated carbocycles. The van der Waals surface area contributed by atoms with Crippen molar-refractivity contribution in [1.29, 1.82) is 0 Å². The molecular formula is C16H32N2. The summed E-state index contributed by atoms with van der Waals surface area (Å²) < 4.78 is 0. The van der Waals surface area contributed by atoms with Gasteiger partial charge in [0, 0.05) is 31.7 Å². The zero-order valence-electron chi connectivity index (χ0n) is 13.0. The van der Waals surface area contributed by atoms with Crippen LogP contribution in [0.3, 0.4) is 0 Å². The lowest BCUT2D eigenvalue weighted by Crippen LogP contribution is -2.62. The SMILES string of the molecule is CC(C)C1CN(CC2CCC2)C(C(C)(C)C)CN1. The zero-order chi connectivity index (χ0) is 13.3. The summed E-state index contributed by atoms with van der Waals surface area (Å²) in [6, 6.07) is 1.39. The number of hydrogen-bond donors (Lipinski definition) is 1. The molecule has 0 radical (unpaired) electrons. The second-order valence-electron chi connectivity index (χ2n) is 7.89. The Morgan fingerprint density at radius 3 is 2.33 bits per heavy atom. The molecule has 0 aromatic heterocycles. The Morgan fingerprint density at radius 1 is 1.22 bits per heavy atom. The van der Waals surface area contributed by atoms with Crippen molar-refractivity contribution in [3.63, 3.8) is 0 Å². The average molecular weight is 252 g/mol. The third kappa shape index (κ3) is 3.27. The first-order valence-electron chi connectivity index (χ1n) is 7.85. The van der Waals surface area contributed by atoms with E-state index < -0.39 is 0 Å². The van der Waals surface area contributed by atoms with Gasteiger partial charge in [-0.25, -0.2) is 0 Å². The fourth-order valence-corrected chi connectivity index (χ4v) is 3.35. The summed E-state index contributed by atoms with van der Waals surface area (Å²) in [5, 5.41) is 3.77. The standard InChI is InChI=1S/C16H32N2/c1-12(2)14-11-18(10-13-7-6-8-13)15(9-17-14)16(3,4)5/h12-15,17H,6-11H2,1-5H3. The highest BCUT2D eigenvalue weighted by Crippen LogP contribution is 2.32. The highest BCUT2D eigenvalue weighted by atomic mass is 15.2. The molecule has 2 nitrogen and oxygen atoms in total. The minimum atomic E-state index is 0.388. The normalized spacial score (nSPS) is 31.7. The van der Waals surface area contributed by atoms with Gasteiger partial charge in [0.2, 0.25) is 0 Å². The molecule has 18 heavy (non-hydrogen) atoms. The average Bonchev–Trinajstić information content (AvgIpc) is 2.21. The molecule has 2 atom stereocenters. The van der Waals surface area contributed by atoms with E-state index in [1.807, 2.05) is 0 Å². The molecule has 0 aromatic carbocycles. The summed E-state index contributed by atoms with van der Waals surface area (Å²) in [5.74, 6) is 1.73. The fraction of sp³-hybridized carbons (Fsp3) is 1.00. The van der Waals surface area contributed by atoms with Gasteiger partial charge >= 0.3 is 0 Å². The van der Waals surface area contributed by atoms with E-state index in [-0.39, 0.29) is 0 Å². The van der Waals surface area contributed by atoms with E-state index in [1.54, 1.807) is 0 Å². The highest BCUT2D eigenvalue weighted by Gasteiger charge is 2.37. The van der Waals surface area contributed by atoms with Gasteiger partial charge in [-0.05, 0) is 30.1 Å². The number of hydrogen-bond acceptors (Lipinski definition) is 2. The van der Waals surface area contributed by atoms with Crippen LogP contribution in [-0.4, -0.2) is 36.6 Å². The van der Waals surface area contributed by atoms with Crippen molar-refractivity contribution in [2.24, 2.45) is 17.3 Å². The van der Waals surface area contributed by atoms with Gasteiger partial charge in [-0.15, -0.1) is 0 Å². The van der Waals surface area contributed by atoms with E-state index in [1.165, 1.54) is 38.9 Å². The molecule has 2 fully saturated rings. The molecule has 1 saturated heterocycles. The monoisotopic (exact) mass is 252 g/mol. The lowest BCUT2D eigenvalue weighted by atomic mass is 9.80. The van der Waals surface area contributed by atoms with Crippen LogP contribution in [0, 0.1) is 17.3 Å². The Hall–Kier alpha value is -0.0800. The maximum absolute atomic E-state index is 3.77. The number of nitrogens with zero attached hydrogens (tertiary/aromatic N) is 1. The van der Waals surface area contributed by atoms with Gasteiger partial charge in [0.05, 0.1) is 0 Å². The lowest BCUT2D eigenvalue weighted by Gasteiger charge is -2.49. The number of piperazine rings is 1. The third-order valence-corrected chi connectivity index (χ3v) is 4.97. The Labute approximate surface area is 114 Å². The molecule has 2 unspecified atom stereocenters. The van der Waals surface area contributed by atoms with Gasteiger partial charge in [0.25, 0.3) is 0 Å². The lowest BCUT2D eigenvalue weighted by molar-refractivity contribution is 0.0237. The van der Waals surface area contributed by atoms with E-state index in [0.29, 0.717) is 17.5 Å². The molecule has 1 aliphatic heterocycles. The molecule has 2 aliphatic rings. The van der Waals surface area contributed by atoms with Crippen LogP contribution in [0.2, 0.25) is 0 Å². The van der Waals surface area contributed by atoms with Gasteiger partial charge < -0.3 is 5.32 Å². The first-order chi connectivity index (χ1) is 8.38. The van der Waals surface area contributed by atoms with Crippen LogP contribution in [0.15, 0.2) is 0 Å². The Kier molecular flexibility index (Phi) is 4.38. The Balaban J connectivity index is 2.00. The van der Waals surface area contributed by atoms with Crippen molar-refractivity contribution in [3.05, 3.63) is 0 Å². The van der Waals surface area contributed by atoms with Crippen LogP contribution < -0.4 is 5.32 Å². The minimum Gasteiger partial charge on any atom is -0.311 e. The van der Waals surface area contributed by atoms with Crippen LogP contribution >= 0.6 is 0 Å². The summed E-state index contributed by atoms with van der Waals surface area (Å²) in [7, 11) is 0. The number of nitrogens with one attached hydrogen (secondary N) is 1. The Morgan fingerprint density at radius 2 is 1.89 bits per heavy atom. The van der Waals surface area contributed by atoms with E-state index in [2.05, 4.69) is 44.8 Å².